The summed E-state index contributed by atoms with van der Waals surface area (Å²) in [5.41, 5.74) is 4.75. The van der Waals surface area contributed by atoms with E-state index in [2.05, 4.69) is 10.5 Å². The fraction of sp³-hybridized carbons (Fsp3) is 0.118. The van der Waals surface area contributed by atoms with Gasteiger partial charge in [0.1, 0.15) is 6.54 Å². The van der Waals surface area contributed by atoms with E-state index in [1.54, 1.807) is 19.1 Å². The molecule has 0 bridgehead atoms. The second kappa shape index (κ2) is 6.98. The summed E-state index contributed by atoms with van der Waals surface area (Å²) in [4.78, 5) is 24.0. The Hall–Kier alpha value is -2.44. The number of benzene rings is 2. The minimum atomic E-state index is -0.353. The molecule has 0 saturated carbocycles. The molecule has 0 aliphatic carbocycles. The summed E-state index contributed by atoms with van der Waals surface area (Å²) in [5.74, 6) is -0.353. The van der Waals surface area contributed by atoms with Crippen molar-refractivity contribution in [1.82, 2.24) is 9.99 Å². The van der Waals surface area contributed by atoms with E-state index in [-0.39, 0.29) is 17.3 Å². The molecule has 7 heteroatoms. The highest BCUT2D eigenvalue weighted by Gasteiger charge is 2.10. The number of hydrogen-bond donors (Lipinski definition) is 1. The van der Waals surface area contributed by atoms with Gasteiger partial charge >= 0.3 is 4.87 Å². The summed E-state index contributed by atoms with van der Waals surface area (Å²) >= 11 is 6.97. The van der Waals surface area contributed by atoms with Gasteiger partial charge in [-0.25, -0.2) is 5.43 Å². The standard InChI is InChI=1S/C17H14ClN3O2S/c1-11(12-6-8-13(18)9-7-12)19-20-16(22)10-21-14-4-2-3-5-15(14)24-17(21)23/h2-9H,10H2,1H3,(H,20,22)/b19-11+. The van der Waals surface area contributed by atoms with E-state index in [4.69, 9.17) is 11.6 Å². The highest BCUT2D eigenvalue weighted by Crippen LogP contribution is 2.16. The first-order chi connectivity index (χ1) is 11.5. The van der Waals surface area contributed by atoms with Crippen LogP contribution >= 0.6 is 22.9 Å². The van der Waals surface area contributed by atoms with Gasteiger partial charge in [-0.05, 0) is 36.8 Å². The number of nitrogens with zero attached hydrogens (tertiary/aromatic N) is 2. The Balaban J connectivity index is 1.73. The maximum absolute atomic E-state index is 12.1. The lowest BCUT2D eigenvalue weighted by atomic mass is 10.1. The molecular weight excluding hydrogens is 346 g/mol. The third kappa shape index (κ3) is 3.55. The molecule has 24 heavy (non-hydrogen) atoms. The van der Waals surface area contributed by atoms with Crippen molar-refractivity contribution in [3.63, 3.8) is 0 Å². The van der Waals surface area contributed by atoms with Crippen LogP contribution in [0.25, 0.3) is 10.2 Å². The normalized spacial score (nSPS) is 11.7. The van der Waals surface area contributed by atoms with E-state index < -0.39 is 0 Å². The number of halogens is 1. The van der Waals surface area contributed by atoms with Crippen LogP contribution in [0.15, 0.2) is 58.4 Å². The molecule has 3 aromatic rings. The predicted octanol–water partition coefficient (Wildman–Crippen LogP) is 3.26. The lowest BCUT2D eigenvalue weighted by molar-refractivity contribution is -0.121. The van der Waals surface area contributed by atoms with Crippen molar-refractivity contribution < 1.29 is 4.79 Å². The molecule has 0 saturated heterocycles. The number of para-hydroxylation sites is 1. The van der Waals surface area contributed by atoms with Crippen molar-refractivity contribution in [3.05, 3.63) is 68.8 Å². The smallest absolute Gasteiger partial charge is 0.289 e. The second-order valence-corrected chi connectivity index (χ2v) is 6.59. The molecule has 0 fully saturated rings. The van der Waals surface area contributed by atoms with Crippen LogP contribution in [-0.4, -0.2) is 16.2 Å². The van der Waals surface area contributed by atoms with Gasteiger partial charge < -0.3 is 0 Å². The lowest BCUT2D eigenvalue weighted by Gasteiger charge is -2.04. The lowest BCUT2D eigenvalue weighted by Crippen LogP contribution is -2.28. The number of hydrazone groups is 1. The van der Waals surface area contributed by atoms with Gasteiger partial charge in [-0.2, -0.15) is 5.10 Å². The van der Waals surface area contributed by atoms with Gasteiger partial charge in [-0.1, -0.05) is 47.2 Å². The van der Waals surface area contributed by atoms with Crippen LogP contribution < -0.4 is 10.3 Å². The van der Waals surface area contributed by atoms with E-state index in [0.717, 1.165) is 27.1 Å². The molecule has 1 N–H and O–H groups in total. The number of rotatable bonds is 4. The molecule has 0 aliphatic rings. The van der Waals surface area contributed by atoms with E-state index in [0.29, 0.717) is 10.7 Å². The van der Waals surface area contributed by atoms with Crippen LogP contribution in [0.1, 0.15) is 12.5 Å². The highest BCUT2D eigenvalue weighted by atomic mass is 35.5. The zero-order valence-electron chi connectivity index (χ0n) is 12.8. The van der Waals surface area contributed by atoms with Crippen LogP contribution in [-0.2, 0) is 11.3 Å². The SMILES string of the molecule is C/C(=N\NC(=O)Cn1c(=O)sc2ccccc21)c1ccc(Cl)cc1. The fourth-order valence-electron chi connectivity index (χ4n) is 2.24. The Morgan fingerprint density at radius 3 is 2.67 bits per heavy atom. The monoisotopic (exact) mass is 359 g/mol. The molecule has 1 aromatic heterocycles. The molecule has 5 nitrogen and oxygen atoms in total. The van der Waals surface area contributed by atoms with E-state index in [9.17, 15) is 9.59 Å². The van der Waals surface area contributed by atoms with Crippen LogP contribution in [0.5, 0.6) is 0 Å². The molecule has 1 heterocycles. The Morgan fingerprint density at radius 2 is 1.92 bits per heavy atom. The van der Waals surface area contributed by atoms with Crippen LogP contribution in [0, 0.1) is 0 Å². The van der Waals surface area contributed by atoms with Crippen molar-refractivity contribution in [1.29, 1.82) is 0 Å². The van der Waals surface area contributed by atoms with Crippen LogP contribution in [0.2, 0.25) is 5.02 Å². The molecule has 0 unspecified atom stereocenters. The zero-order valence-corrected chi connectivity index (χ0v) is 14.4. The van der Waals surface area contributed by atoms with E-state index >= 15 is 0 Å². The Kier molecular flexibility index (Phi) is 4.78. The van der Waals surface area contributed by atoms with Gasteiger partial charge in [-0.3, -0.25) is 14.2 Å². The van der Waals surface area contributed by atoms with Crippen molar-refractivity contribution in [2.24, 2.45) is 5.10 Å². The molecule has 0 radical (unpaired) electrons. The summed E-state index contributed by atoms with van der Waals surface area (Å²) in [5, 5.41) is 4.71. The first kappa shape index (κ1) is 16.4. The van der Waals surface area contributed by atoms with Crippen molar-refractivity contribution >= 4 is 44.8 Å². The summed E-state index contributed by atoms with van der Waals surface area (Å²) in [7, 11) is 0. The molecule has 0 atom stereocenters. The van der Waals surface area contributed by atoms with Gasteiger partial charge in [0, 0.05) is 5.02 Å². The highest BCUT2D eigenvalue weighted by molar-refractivity contribution is 7.16. The van der Waals surface area contributed by atoms with E-state index in [1.807, 2.05) is 36.4 Å². The Labute approximate surface area is 147 Å². The number of hydrogen-bond acceptors (Lipinski definition) is 4. The molecule has 2 aromatic carbocycles. The van der Waals surface area contributed by atoms with Crippen molar-refractivity contribution in [3.8, 4) is 0 Å². The summed E-state index contributed by atoms with van der Waals surface area (Å²) in [6.07, 6.45) is 0. The molecule has 122 valence electrons. The van der Waals surface area contributed by atoms with Gasteiger partial charge in [0.05, 0.1) is 15.9 Å². The van der Waals surface area contributed by atoms with Gasteiger partial charge in [0.25, 0.3) is 5.91 Å². The summed E-state index contributed by atoms with van der Waals surface area (Å²) in [6.45, 7) is 1.72. The Bertz CT molecular complexity index is 973. The zero-order chi connectivity index (χ0) is 17.1. The van der Waals surface area contributed by atoms with Crippen molar-refractivity contribution in [2.45, 2.75) is 13.5 Å². The van der Waals surface area contributed by atoms with Gasteiger partial charge in [-0.15, -0.1) is 0 Å². The Morgan fingerprint density at radius 1 is 1.21 bits per heavy atom. The number of carbonyl (C=O) groups excluding carboxylic acids is 1. The number of thiazole rings is 1. The minimum Gasteiger partial charge on any atom is -0.289 e. The molecule has 0 spiro atoms. The van der Waals surface area contributed by atoms with Crippen LogP contribution in [0.4, 0.5) is 0 Å². The van der Waals surface area contributed by atoms with Crippen molar-refractivity contribution in [2.75, 3.05) is 0 Å². The van der Waals surface area contributed by atoms with Crippen LogP contribution in [0.3, 0.4) is 0 Å². The second-order valence-electron chi connectivity index (χ2n) is 5.16. The van der Waals surface area contributed by atoms with Gasteiger partial charge in [0.15, 0.2) is 0 Å². The molecule has 3 rings (SSSR count). The molecule has 1 amide bonds. The maximum Gasteiger partial charge on any atom is 0.308 e. The molecular formula is C17H14ClN3O2S. The number of fused-ring (bicyclic) bond motifs is 1. The topological polar surface area (TPSA) is 63.5 Å². The number of nitrogens with one attached hydrogen (secondary N) is 1. The van der Waals surface area contributed by atoms with E-state index in [1.165, 1.54) is 4.57 Å². The fourth-order valence-corrected chi connectivity index (χ4v) is 3.26. The average Bonchev–Trinajstić information content (AvgIpc) is 2.89. The number of carbonyl (C=O) groups is 1. The first-order valence-electron chi connectivity index (χ1n) is 7.22. The summed E-state index contributed by atoms with van der Waals surface area (Å²) in [6, 6.07) is 14.5. The first-order valence-corrected chi connectivity index (χ1v) is 8.41. The number of aromatic nitrogens is 1. The minimum absolute atomic E-state index is 0.0692. The largest absolute Gasteiger partial charge is 0.308 e. The summed E-state index contributed by atoms with van der Waals surface area (Å²) < 4.78 is 2.30. The molecule has 0 aliphatic heterocycles. The third-order valence-corrected chi connectivity index (χ3v) is 4.70. The third-order valence-electron chi connectivity index (χ3n) is 3.49. The maximum atomic E-state index is 12.1. The average molecular weight is 360 g/mol. The number of amides is 1. The van der Waals surface area contributed by atoms with Gasteiger partial charge in [0.2, 0.25) is 0 Å². The quantitative estimate of drug-likeness (QED) is 0.574. The predicted molar refractivity (Wildman–Crippen MR) is 97.9 cm³/mol.